The van der Waals surface area contributed by atoms with Crippen LogP contribution in [0, 0.1) is 11.3 Å². The topological polar surface area (TPSA) is 64.6 Å². The van der Waals surface area contributed by atoms with Crippen LogP contribution in [0.5, 0.6) is 0 Å². The Morgan fingerprint density at radius 1 is 1.19 bits per heavy atom. The second kappa shape index (κ2) is 8.32. The first-order valence-electron chi connectivity index (χ1n) is 10.1. The molecule has 2 fully saturated rings. The molecule has 2 aliphatic rings. The summed E-state index contributed by atoms with van der Waals surface area (Å²) in [5, 5.41) is 3.15. The molecule has 3 atom stereocenters. The zero-order valence-corrected chi connectivity index (χ0v) is 16.5. The summed E-state index contributed by atoms with van der Waals surface area (Å²) in [5.41, 5.74) is 0.550. The fourth-order valence-electron chi connectivity index (χ4n) is 5.37. The van der Waals surface area contributed by atoms with Crippen LogP contribution in [0.2, 0.25) is 0 Å². The van der Waals surface area contributed by atoms with Crippen LogP contribution in [0.15, 0.2) is 30.3 Å². The van der Waals surface area contributed by atoms with Gasteiger partial charge in [0.05, 0.1) is 5.56 Å². The van der Waals surface area contributed by atoms with Crippen LogP contribution < -0.4 is 5.32 Å². The lowest BCUT2D eigenvalue weighted by molar-refractivity contribution is -0.0143. The van der Waals surface area contributed by atoms with Gasteiger partial charge in [0, 0.05) is 5.54 Å². The van der Waals surface area contributed by atoms with Crippen LogP contribution in [0.1, 0.15) is 75.6 Å². The third-order valence-corrected chi connectivity index (χ3v) is 6.10. The number of rotatable bonds is 6. The number of hydrogen-bond acceptors (Lipinski definition) is 4. The van der Waals surface area contributed by atoms with Gasteiger partial charge in [0.1, 0.15) is 0 Å². The van der Waals surface area contributed by atoms with Crippen molar-refractivity contribution in [2.75, 3.05) is 6.79 Å². The van der Waals surface area contributed by atoms with Crippen LogP contribution in [-0.2, 0) is 9.47 Å². The number of carbonyl (C=O) groups excluding carboxylic acids is 2. The summed E-state index contributed by atoms with van der Waals surface area (Å²) in [6.45, 7) is 4.14. The lowest BCUT2D eigenvalue weighted by Crippen LogP contribution is -2.56. The Bertz CT molecular complexity index is 662. The highest BCUT2D eigenvalue weighted by atomic mass is 16.7. The first kappa shape index (κ1) is 19.7. The quantitative estimate of drug-likeness (QED) is 0.559. The number of carbonyl (C=O) groups is 2. The fourth-order valence-corrected chi connectivity index (χ4v) is 5.37. The minimum atomic E-state index is -0.494. The van der Waals surface area contributed by atoms with Crippen LogP contribution in [0.25, 0.3) is 0 Å². The average Bonchev–Trinajstić information content (AvgIpc) is 2.61. The molecule has 2 bridgehead atoms. The van der Waals surface area contributed by atoms with E-state index >= 15 is 0 Å². The Labute approximate surface area is 161 Å². The van der Waals surface area contributed by atoms with Gasteiger partial charge in [0.25, 0.3) is 0 Å². The van der Waals surface area contributed by atoms with Gasteiger partial charge in [-0.1, -0.05) is 51.3 Å². The van der Waals surface area contributed by atoms with Crippen LogP contribution in [0.3, 0.4) is 0 Å². The number of ether oxygens (including phenoxy) is 2. The minimum Gasteiger partial charge on any atom is -0.424 e. The van der Waals surface area contributed by atoms with Crippen LogP contribution in [0.4, 0.5) is 4.79 Å². The van der Waals surface area contributed by atoms with Gasteiger partial charge < -0.3 is 14.8 Å². The van der Waals surface area contributed by atoms with E-state index in [0.717, 1.165) is 25.7 Å². The van der Waals surface area contributed by atoms with E-state index in [-0.39, 0.29) is 12.3 Å². The number of alkyl carbamates (subject to hydrolysis) is 1. The van der Waals surface area contributed by atoms with E-state index in [4.69, 9.17) is 9.47 Å². The zero-order valence-electron chi connectivity index (χ0n) is 16.5. The number of esters is 1. The summed E-state index contributed by atoms with van der Waals surface area (Å²) in [7, 11) is 0. The molecule has 3 unspecified atom stereocenters. The van der Waals surface area contributed by atoms with Crippen LogP contribution >= 0.6 is 0 Å². The Balaban J connectivity index is 1.54. The van der Waals surface area contributed by atoms with Gasteiger partial charge in [-0.05, 0) is 55.6 Å². The van der Waals surface area contributed by atoms with Crippen molar-refractivity contribution in [2.45, 2.75) is 70.8 Å². The monoisotopic (exact) mass is 373 g/mol. The molecule has 5 heteroatoms. The summed E-state index contributed by atoms with van der Waals surface area (Å²) < 4.78 is 10.2. The molecular weight excluding hydrogens is 342 g/mol. The van der Waals surface area contributed by atoms with Gasteiger partial charge in [-0.15, -0.1) is 0 Å². The van der Waals surface area contributed by atoms with Gasteiger partial charge in [-0.2, -0.15) is 0 Å². The summed E-state index contributed by atoms with van der Waals surface area (Å²) >= 11 is 0. The van der Waals surface area contributed by atoms with E-state index in [1.165, 1.54) is 25.7 Å². The van der Waals surface area contributed by atoms with Crippen molar-refractivity contribution >= 4 is 12.1 Å². The summed E-state index contributed by atoms with van der Waals surface area (Å²) in [4.78, 5) is 24.3. The second-order valence-corrected chi connectivity index (χ2v) is 8.66. The van der Waals surface area contributed by atoms with Crippen molar-refractivity contribution in [3.05, 3.63) is 35.9 Å². The van der Waals surface area contributed by atoms with Crippen molar-refractivity contribution in [3.63, 3.8) is 0 Å². The molecule has 0 aliphatic heterocycles. The zero-order chi connectivity index (χ0) is 19.3. The molecule has 0 radical (unpaired) electrons. The smallest absolute Gasteiger partial charge is 0.410 e. The molecule has 1 aromatic rings. The number of amides is 1. The Morgan fingerprint density at radius 2 is 1.96 bits per heavy atom. The van der Waals surface area contributed by atoms with E-state index in [1.54, 1.807) is 24.3 Å². The predicted molar refractivity (Wildman–Crippen MR) is 103 cm³/mol. The predicted octanol–water partition coefficient (Wildman–Crippen LogP) is 5.06. The lowest BCUT2D eigenvalue weighted by Gasteiger charge is -2.52. The highest BCUT2D eigenvalue weighted by Gasteiger charge is 2.48. The Morgan fingerprint density at radius 3 is 2.67 bits per heavy atom. The molecule has 0 aromatic heterocycles. The molecule has 1 N–H and O–H groups in total. The highest BCUT2D eigenvalue weighted by molar-refractivity contribution is 5.89. The molecule has 27 heavy (non-hydrogen) atoms. The maximum atomic E-state index is 12.4. The van der Waals surface area contributed by atoms with Gasteiger partial charge in [0.15, 0.2) is 0 Å². The Kier molecular flexibility index (Phi) is 6.08. The van der Waals surface area contributed by atoms with Gasteiger partial charge in [-0.25, -0.2) is 9.59 Å². The number of hydrogen-bond donors (Lipinski definition) is 1. The van der Waals surface area contributed by atoms with E-state index in [1.807, 2.05) is 6.07 Å². The van der Waals surface area contributed by atoms with Gasteiger partial charge >= 0.3 is 12.1 Å². The molecular formula is C22H31NO4. The summed E-state index contributed by atoms with van der Waals surface area (Å²) in [5.74, 6) is 0.187. The number of fused-ring (bicyclic) bond motifs is 2. The SMILES string of the molecule is CCCC1(NC(=O)OCOC(=O)c2ccccc2)CC2CCCC(C)(C2)C1. The van der Waals surface area contributed by atoms with Crippen molar-refractivity contribution in [1.82, 2.24) is 5.32 Å². The molecule has 0 heterocycles. The Hall–Kier alpha value is -2.04. The maximum absolute atomic E-state index is 12.4. The number of benzene rings is 1. The molecule has 1 aromatic carbocycles. The second-order valence-electron chi connectivity index (χ2n) is 8.66. The fraction of sp³-hybridized carbons (Fsp3) is 0.636. The first-order valence-corrected chi connectivity index (χ1v) is 10.1. The molecule has 5 nitrogen and oxygen atoms in total. The minimum absolute atomic E-state index is 0.201. The van der Waals surface area contributed by atoms with Crippen LogP contribution in [-0.4, -0.2) is 24.4 Å². The van der Waals surface area contributed by atoms with E-state index in [9.17, 15) is 9.59 Å². The van der Waals surface area contributed by atoms with Gasteiger partial charge in [0.2, 0.25) is 6.79 Å². The average molecular weight is 373 g/mol. The molecule has 2 saturated carbocycles. The van der Waals surface area contributed by atoms with Gasteiger partial charge in [-0.3, -0.25) is 0 Å². The third-order valence-electron chi connectivity index (χ3n) is 6.10. The molecule has 0 saturated heterocycles. The molecule has 0 spiro atoms. The molecule has 3 rings (SSSR count). The summed E-state index contributed by atoms with van der Waals surface area (Å²) in [6.07, 6.45) is 8.57. The lowest BCUT2D eigenvalue weighted by atomic mass is 9.56. The van der Waals surface area contributed by atoms with Crippen molar-refractivity contribution in [1.29, 1.82) is 0 Å². The van der Waals surface area contributed by atoms with Crippen molar-refractivity contribution < 1.29 is 19.1 Å². The van der Waals surface area contributed by atoms with Crippen molar-refractivity contribution in [3.8, 4) is 0 Å². The molecule has 148 valence electrons. The van der Waals surface area contributed by atoms with E-state index in [2.05, 4.69) is 19.2 Å². The highest BCUT2D eigenvalue weighted by Crippen LogP contribution is 2.53. The van der Waals surface area contributed by atoms with E-state index in [0.29, 0.717) is 16.9 Å². The first-order chi connectivity index (χ1) is 12.9. The molecule has 1 amide bonds. The standard InChI is InChI=1S/C22H31NO4/c1-3-11-22(14-17-8-7-12-21(2,13-17)15-22)23-20(25)27-16-26-19(24)18-9-5-4-6-10-18/h4-6,9-10,17H,3,7-8,11-16H2,1-2H3,(H,23,25). The summed E-state index contributed by atoms with van der Waals surface area (Å²) in [6, 6.07) is 8.69. The maximum Gasteiger partial charge on any atom is 0.410 e. The largest absolute Gasteiger partial charge is 0.424 e. The van der Waals surface area contributed by atoms with Crippen molar-refractivity contribution in [2.24, 2.45) is 11.3 Å². The molecule has 2 aliphatic carbocycles. The van der Waals surface area contributed by atoms with E-state index < -0.39 is 12.1 Å². The normalized spacial score (nSPS) is 29.6. The third kappa shape index (κ3) is 5.02. The number of nitrogens with one attached hydrogen (secondary N) is 1.